The van der Waals surface area contributed by atoms with Crippen LogP contribution >= 0.6 is 31.9 Å². The number of hydrogen-bond acceptors (Lipinski definition) is 5. The van der Waals surface area contributed by atoms with E-state index in [1.54, 1.807) is 6.07 Å². The number of amides is 1. The van der Waals surface area contributed by atoms with E-state index < -0.39 is 10.8 Å². The zero-order valence-corrected chi connectivity index (χ0v) is 16.2. The molecule has 25 heavy (non-hydrogen) atoms. The lowest BCUT2D eigenvalue weighted by Crippen LogP contribution is -2.17. The molecule has 0 aliphatic rings. The van der Waals surface area contributed by atoms with Crippen molar-refractivity contribution in [2.24, 2.45) is 5.10 Å². The van der Waals surface area contributed by atoms with Crippen molar-refractivity contribution in [3.8, 4) is 5.75 Å². The third-order valence-electron chi connectivity index (χ3n) is 3.01. The second kappa shape index (κ2) is 8.72. The van der Waals surface area contributed by atoms with E-state index in [4.69, 9.17) is 4.74 Å². The third kappa shape index (κ3) is 5.10. The maximum Gasteiger partial charge on any atom is 0.271 e. The van der Waals surface area contributed by atoms with E-state index in [9.17, 15) is 14.9 Å². The van der Waals surface area contributed by atoms with Gasteiger partial charge in [0.2, 0.25) is 0 Å². The number of nitro groups is 1. The van der Waals surface area contributed by atoms with Crippen molar-refractivity contribution in [3.63, 3.8) is 0 Å². The van der Waals surface area contributed by atoms with Gasteiger partial charge < -0.3 is 4.74 Å². The molecular weight excluding hydrogens is 458 g/mol. The highest BCUT2D eigenvalue weighted by Gasteiger charge is 2.11. The second-order valence-corrected chi connectivity index (χ2v) is 6.52. The van der Waals surface area contributed by atoms with Gasteiger partial charge in [0.25, 0.3) is 11.6 Å². The Bertz CT molecular complexity index is 840. The Kier molecular flexibility index (Phi) is 6.65. The summed E-state index contributed by atoms with van der Waals surface area (Å²) in [5.74, 6) is 0.0472. The minimum atomic E-state index is -0.562. The molecule has 0 atom stereocenters. The maximum absolute atomic E-state index is 12.1. The summed E-state index contributed by atoms with van der Waals surface area (Å²) in [7, 11) is 0. The summed E-state index contributed by atoms with van der Waals surface area (Å²) in [6.07, 6.45) is 1.44. The number of non-ortho nitro benzene ring substituents is 1. The molecule has 1 amide bonds. The van der Waals surface area contributed by atoms with Gasteiger partial charge in [0.1, 0.15) is 5.75 Å². The maximum atomic E-state index is 12.1. The van der Waals surface area contributed by atoms with Crippen molar-refractivity contribution in [2.45, 2.75) is 6.92 Å². The molecule has 0 saturated carbocycles. The molecule has 0 aliphatic carbocycles. The van der Waals surface area contributed by atoms with Gasteiger partial charge in [0.15, 0.2) is 0 Å². The van der Waals surface area contributed by atoms with Crippen molar-refractivity contribution < 1.29 is 14.5 Å². The summed E-state index contributed by atoms with van der Waals surface area (Å²) >= 11 is 6.79. The van der Waals surface area contributed by atoms with Gasteiger partial charge in [-0.05, 0) is 41.1 Å². The largest absolute Gasteiger partial charge is 0.492 e. The molecule has 0 fully saturated rings. The molecule has 2 rings (SSSR count). The van der Waals surface area contributed by atoms with Gasteiger partial charge >= 0.3 is 0 Å². The molecule has 130 valence electrons. The van der Waals surface area contributed by atoms with Gasteiger partial charge in [-0.15, -0.1) is 0 Å². The monoisotopic (exact) mass is 469 g/mol. The molecule has 0 aromatic heterocycles. The molecular formula is C16H13Br2N3O4. The van der Waals surface area contributed by atoms with Crippen LogP contribution in [0.2, 0.25) is 0 Å². The topological polar surface area (TPSA) is 93.8 Å². The fourth-order valence-electron chi connectivity index (χ4n) is 1.96. The number of nitro benzene ring substituents is 1. The number of rotatable bonds is 6. The number of ether oxygens (including phenoxy) is 1. The van der Waals surface area contributed by atoms with E-state index in [0.717, 1.165) is 8.95 Å². The van der Waals surface area contributed by atoms with Crippen LogP contribution in [0.1, 0.15) is 22.8 Å². The molecule has 0 saturated heterocycles. The van der Waals surface area contributed by atoms with E-state index in [-0.39, 0.29) is 11.3 Å². The molecule has 2 aromatic rings. The number of nitrogens with one attached hydrogen (secondary N) is 1. The number of halogens is 2. The summed E-state index contributed by atoms with van der Waals surface area (Å²) in [4.78, 5) is 22.3. The fourth-order valence-corrected chi connectivity index (χ4v) is 3.33. The molecule has 0 aliphatic heterocycles. The Hall–Kier alpha value is -2.26. The minimum absolute atomic E-state index is 0.145. The van der Waals surface area contributed by atoms with Crippen LogP contribution in [-0.4, -0.2) is 23.7 Å². The molecule has 1 N–H and O–H groups in total. The number of carbonyl (C=O) groups excluding carboxylic acids is 1. The van der Waals surface area contributed by atoms with Crippen LogP contribution < -0.4 is 10.2 Å². The molecule has 0 unspecified atom stereocenters. The number of benzene rings is 2. The molecule has 9 heteroatoms. The quantitative estimate of drug-likeness (QED) is 0.387. The van der Waals surface area contributed by atoms with Gasteiger partial charge in [-0.1, -0.05) is 22.0 Å². The Morgan fingerprint density at radius 1 is 1.36 bits per heavy atom. The van der Waals surface area contributed by atoms with Crippen LogP contribution in [0.3, 0.4) is 0 Å². The first-order valence-electron chi connectivity index (χ1n) is 7.12. The second-order valence-electron chi connectivity index (χ2n) is 4.75. The van der Waals surface area contributed by atoms with E-state index in [2.05, 4.69) is 42.4 Å². The van der Waals surface area contributed by atoms with Gasteiger partial charge in [0, 0.05) is 27.7 Å². The average molecular weight is 471 g/mol. The lowest BCUT2D eigenvalue weighted by Gasteiger charge is -2.10. The number of hydrazone groups is 1. The van der Waals surface area contributed by atoms with Crippen LogP contribution in [0.4, 0.5) is 5.69 Å². The highest BCUT2D eigenvalue weighted by Crippen LogP contribution is 2.32. The summed E-state index contributed by atoms with van der Waals surface area (Å²) in [5, 5.41) is 14.7. The Morgan fingerprint density at radius 2 is 2.12 bits per heavy atom. The molecule has 7 nitrogen and oxygen atoms in total. The Morgan fingerprint density at radius 3 is 2.80 bits per heavy atom. The zero-order valence-electron chi connectivity index (χ0n) is 13.0. The van der Waals surface area contributed by atoms with E-state index in [1.165, 1.54) is 30.5 Å². The van der Waals surface area contributed by atoms with E-state index in [1.807, 2.05) is 13.0 Å². The fraction of sp³-hybridized carbons (Fsp3) is 0.125. The molecule has 2 aromatic carbocycles. The van der Waals surface area contributed by atoms with E-state index in [0.29, 0.717) is 17.9 Å². The number of carbonyl (C=O) groups is 1. The number of hydrogen-bond donors (Lipinski definition) is 1. The summed E-state index contributed by atoms with van der Waals surface area (Å²) < 4.78 is 7.12. The van der Waals surface area contributed by atoms with Crippen LogP contribution in [0, 0.1) is 10.1 Å². The van der Waals surface area contributed by atoms with Crippen molar-refractivity contribution in [1.82, 2.24) is 5.43 Å². The highest BCUT2D eigenvalue weighted by molar-refractivity contribution is 9.11. The predicted molar refractivity (Wildman–Crippen MR) is 101 cm³/mol. The van der Waals surface area contributed by atoms with Crippen molar-refractivity contribution in [2.75, 3.05) is 6.61 Å². The average Bonchev–Trinajstić information content (AvgIpc) is 2.57. The van der Waals surface area contributed by atoms with Gasteiger partial charge in [0.05, 0.1) is 22.2 Å². The van der Waals surface area contributed by atoms with Gasteiger partial charge in [-0.3, -0.25) is 14.9 Å². The minimum Gasteiger partial charge on any atom is -0.492 e. The summed E-state index contributed by atoms with van der Waals surface area (Å²) in [6.45, 7) is 2.33. The molecule has 0 bridgehead atoms. The predicted octanol–water partition coefficient (Wildman–Crippen LogP) is 4.28. The molecule has 0 heterocycles. The lowest BCUT2D eigenvalue weighted by molar-refractivity contribution is -0.384. The number of nitrogens with zero attached hydrogens (tertiary/aromatic N) is 2. The zero-order chi connectivity index (χ0) is 18.4. The normalized spacial score (nSPS) is 10.7. The summed E-state index contributed by atoms with van der Waals surface area (Å²) in [5.41, 5.74) is 2.98. The molecule has 0 radical (unpaired) electrons. The first kappa shape index (κ1) is 19.1. The molecule has 0 spiro atoms. The van der Waals surface area contributed by atoms with E-state index >= 15 is 0 Å². The lowest BCUT2D eigenvalue weighted by atomic mass is 10.2. The van der Waals surface area contributed by atoms with Crippen molar-refractivity contribution >= 4 is 49.7 Å². The van der Waals surface area contributed by atoms with Gasteiger partial charge in [-0.2, -0.15) is 5.10 Å². The van der Waals surface area contributed by atoms with Crippen molar-refractivity contribution in [1.29, 1.82) is 0 Å². The van der Waals surface area contributed by atoms with Crippen LogP contribution in [-0.2, 0) is 0 Å². The van der Waals surface area contributed by atoms with Gasteiger partial charge in [-0.25, -0.2) is 5.43 Å². The highest BCUT2D eigenvalue weighted by atomic mass is 79.9. The summed E-state index contributed by atoms with van der Waals surface area (Å²) in [6, 6.07) is 9.04. The standard InChI is InChI=1S/C16H13Br2N3O4/c1-2-25-15-11(6-12(17)8-14(15)18)9-19-20-16(22)10-4-3-5-13(7-10)21(23)24/h3-9H,2H2,1H3,(H,20,22)/b19-9-. The SMILES string of the molecule is CCOc1c(Br)cc(Br)cc1/C=N\NC(=O)c1cccc([N+](=O)[O-])c1. The Balaban J connectivity index is 2.17. The third-order valence-corrected chi connectivity index (χ3v) is 4.06. The van der Waals surface area contributed by atoms with Crippen LogP contribution in [0.5, 0.6) is 5.75 Å². The van der Waals surface area contributed by atoms with Crippen molar-refractivity contribution in [3.05, 3.63) is 66.6 Å². The smallest absolute Gasteiger partial charge is 0.271 e. The van der Waals surface area contributed by atoms with Crippen LogP contribution in [0.15, 0.2) is 50.4 Å². The first-order chi connectivity index (χ1) is 11.9. The first-order valence-corrected chi connectivity index (χ1v) is 8.70. The Labute approximate surface area is 160 Å². The van der Waals surface area contributed by atoms with Crippen LogP contribution in [0.25, 0.3) is 0 Å².